The molecule has 4 saturated carbocycles. The van der Waals surface area contributed by atoms with E-state index >= 15 is 0 Å². The first-order valence-corrected chi connectivity index (χ1v) is 11.6. The van der Waals surface area contributed by atoms with E-state index in [1.807, 2.05) is 0 Å². The van der Waals surface area contributed by atoms with Gasteiger partial charge in [0, 0.05) is 10.6 Å². The average Bonchev–Trinajstić information content (AvgIpc) is 2.91. The first-order chi connectivity index (χ1) is 13.3. The molecule has 28 heavy (non-hydrogen) atoms. The molecule has 0 atom stereocenters. The molecule has 0 radical (unpaired) electrons. The Morgan fingerprint density at radius 1 is 0.893 bits per heavy atom. The van der Waals surface area contributed by atoms with E-state index in [2.05, 4.69) is 34.9 Å². The zero-order valence-corrected chi connectivity index (χ0v) is 18.4. The van der Waals surface area contributed by atoms with E-state index in [1.54, 1.807) is 0 Å². The number of rotatable bonds is 2. The maximum atomic E-state index is 6.79. The van der Waals surface area contributed by atoms with Gasteiger partial charge in [-0.2, -0.15) is 0 Å². The molecule has 1 aromatic carbocycles. The van der Waals surface area contributed by atoms with Crippen molar-refractivity contribution in [1.29, 1.82) is 0 Å². The SMILES string of the molecule is Cl.Clc1cc(C#CCN2CCCCCC2)ccc1C1C2CC3CC(C2)CC1C3. The van der Waals surface area contributed by atoms with Gasteiger partial charge in [-0.05, 0) is 105 Å². The van der Waals surface area contributed by atoms with Crippen molar-refractivity contribution in [3.63, 3.8) is 0 Å². The molecule has 152 valence electrons. The lowest BCUT2D eigenvalue weighted by Crippen LogP contribution is -2.43. The monoisotopic (exact) mass is 417 g/mol. The van der Waals surface area contributed by atoms with Gasteiger partial charge in [0.05, 0.1) is 6.54 Å². The van der Waals surface area contributed by atoms with Gasteiger partial charge in [0.2, 0.25) is 0 Å². The van der Waals surface area contributed by atoms with Crippen molar-refractivity contribution in [3.8, 4) is 11.8 Å². The number of hydrogen-bond donors (Lipinski definition) is 0. The van der Waals surface area contributed by atoms with Gasteiger partial charge in [-0.15, -0.1) is 12.4 Å². The number of likely N-dealkylation sites (tertiary alicyclic amines) is 1. The van der Waals surface area contributed by atoms with Crippen LogP contribution in [0.2, 0.25) is 5.02 Å². The Labute approximate surface area is 182 Å². The molecule has 1 nitrogen and oxygen atoms in total. The molecule has 4 aliphatic carbocycles. The Balaban J connectivity index is 0.00000192. The van der Waals surface area contributed by atoms with Crippen LogP contribution in [0.3, 0.4) is 0 Å². The largest absolute Gasteiger partial charge is 0.292 e. The highest BCUT2D eigenvalue weighted by molar-refractivity contribution is 6.31. The summed E-state index contributed by atoms with van der Waals surface area (Å²) < 4.78 is 0. The first-order valence-electron chi connectivity index (χ1n) is 11.3. The second-order valence-corrected chi connectivity index (χ2v) is 10.1. The molecule has 6 rings (SSSR count). The van der Waals surface area contributed by atoms with Crippen LogP contribution in [0, 0.1) is 35.5 Å². The second-order valence-electron chi connectivity index (χ2n) is 9.68. The van der Waals surface area contributed by atoms with Gasteiger partial charge in [0.25, 0.3) is 0 Å². The molecule has 1 aromatic rings. The molecule has 0 spiro atoms. The topological polar surface area (TPSA) is 3.24 Å². The second kappa shape index (κ2) is 8.99. The van der Waals surface area contributed by atoms with E-state index in [-0.39, 0.29) is 12.4 Å². The Morgan fingerprint density at radius 3 is 2.14 bits per heavy atom. The van der Waals surface area contributed by atoms with Crippen LogP contribution in [-0.2, 0) is 0 Å². The van der Waals surface area contributed by atoms with Gasteiger partial charge in [0.15, 0.2) is 0 Å². The van der Waals surface area contributed by atoms with Crippen LogP contribution in [0.5, 0.6) is 0 Å². The Morgan fingerprint density at radius 2 is 1.54 bits per heavy atom. The van der Waals surface area contributed by atoms with Crippen molar-refractivity contribution < 1.29 is 0 Å². The van der Waals surface area contributed by atoms with Gasteiger partial charge in [-0.25, -0.2) is 0 Å². The third kappa shape index (κ3) is 4.26. The van der Waals surface area contributed by atoms with Crippen molar-refractivity contribution in [2.45, 2.75) is 63.7 Å². The number of hydrogen-bond acceptors (Lipinski definition) is 1. The minimum atomic E-state index is 0. The molecule has 0 unspecified atom stereocenters. The zero-order valence-electron chi connectivity index (χ0n) is 16.8. The number of benzene rings is 1. The van der Waals surface area contributed by atoms with Crippen LogP contribution in [0.1, 0.15) is 74.8 Å². The predicted molar refractivity (Wildman–Crippen MR) is 120 cm³/mol. The summed E-state index contributed by atoms with van der Waals surface area (Å²) in [6, 6.07) is 6.67. The quantitative estimate of drug-likeness (QED) is 0.494. The van der Waals surface area contributed by atoms with E-state index < -0.39 is 0 Å². The Hall–Kier alpha value is -0.680. The minimum Gasteiger partial charge on any atom is -0.292 e. The molecule has 1 saturated heterocycles. The molecule has 1 aliphatic heterocycles. The van der Waals surface area contributed by atoms with Crippen molar-refractivity contribution in [3.05, 3.63) is 34.3 Å². The molecule has 0 amide bonds. The molecule has 4 bridgehead atoms. The van der Waals surface area contributed by atoms with Gasteiger partial charge in [-0.1, -0.05) is 42.3 Å². The van der Waals surface area contributed by atoms with Crippen LogP contribution >= 0.6 is 24.0 Å². The molecule has 5 aliphatic rings. The highest BCUT2D eigenvalue weighted by Crippen LogP contribution is 2.60. The fraction of sp³-hybridized carbons (Fsp3) is 0.680. The molecular weight excluding hydrogens is 385 g/mol. The van der Waals surface area contributed by atoms with Gasteiger partial charge in [-0.3, -0.25) is 4.90 Å². The molecule has 1 heterocycles. The van der Waals surface area contributed by atoms with Gasteiger partial charge < -0.3 is 0 Å². The third-order valence-corrected chi connectivity index (χ3v) is 8.15. The van der Waals surface area contributed by atoms with Gasteiger partial charge in [0.1, 0.15) is 0 Å². The summed E-state index contributed by atoms with van der Waals surface area (Å²) >= 11 is 6.79. The van der Waals surface area contributed by atoms with Crippen LogP contribution in [0.4, 0.5) is 0 Å². The zero-order chi connectivity index (χ0) is 18.2. The maximum Gasteiger partial charge on any atom is 0.0605 e. The maximum absolute atomic E-state index is 6.79. The van der Waals surface area contributed by atoms with E-state index in [9.17, 15) is 0 Å². The van der Waals surface area contributed by atoms with Gasteiger partial charge >= 0.3 is 0 Å². The smallest absolute Gasteiger partial charge is 0.0605 e. The lowest BCUT2D eigenvalue weighted by molar-refractivity contribution is -0.00275. The van der Waals surface area contributed by atoms with Crippen LogP contribution in [0.25, 0.3) is 0 Å². The summed E-state index contributed by atoms with van der Waals surface area (Å²) in [4.78, 5) is 2.50. The third-order valence-electron chi connectivity index (χ3n) is 7.82. The van der Waals surface area contributed by atoms with Crippen LogP contribution in [-0.4, -0.2) is 24.5 Å². The number of nitrogens with zero attached hydrogens (tertiary/aromatic N) is 1. The standard InChI is InChI=1S/C25H32ClN.ClH/c26-24-17-18(6-5-11-27-9-3-1-2-4-10-27)7-8-23(24)25-21-13-19-12-20(15-21)16-22(25)14-19;/h7-8,17,19-22,25H,1-4,9-16H2;1H. The van der Waals surface area contributed by atoms with Crippen molar-refractivity contribution in [2.75, 3.05) is 19.6 Å². The lowest BCUT2D eigenvalue weighted by Gasteiger charge is -2.54. The highest BCUT2D eigenvalue weighted by atomic mass is 35.5. The van der Waals surface area contributed by atoms with E-state index in [0.717, 1.165) is 40.8 Å². The summed E-state index contributed by atoms with van der Waals surface area (Å²) in [6.45, 7) is 3.32. The molecule has 0 N–H and O–H groups in total. The van der Waals surface area contributed by atoms with Crippen molar-refractivity contribution >= 4 is 24.0 Å². The fourth-order valence-electron chi connectivity index (χ4n) is 6.86. The van der Waals surface area contributed by atoms with Crippen molar-refractivity contribution in [2.24, 2.45) is 23.7 Å². The fourth-order valence-corrected chi connectivity index (χ4v) is 7.16. The highest BCUT2D eigenvalue weighted by Gasteiger charge is 2.48. The summed E-state index contributed by atoms with van der Waals surface area (Å²) in [5, 5.41) is 0.967. The minimum absolute atomic E-state index is 0. The number of halogens is 2. The summed E-state index contributed by atoms with van der Waals surface area (Å²) in [5.74, 6) is 11.3. The average molecular weight is 418 g/mol. The summed E-state index contributed by atoms with van der Waals surface area (Å²) in [6.07, 6.45) is 12.7. The summed E-state index contributed by atoms with van der Waals surface area (Å²) in [5.41, 5.74) is 2.51. The van der Waals surface area contributed by atoms with Crippen LogP contribution in [0.15, 0.2) is 18.2 Å². The molecule has 5 fully saturated rings. The lowest BCUT2D eigenvalue weighted by atomic mass is 9.51. The molecule has 0 aromatic heterocycles. The van der Waals surface area contributed by atoms with E-state index in [4.69, 9.17) is 11.6 Å². The molecular formula is C25H33Cl2N. The van der Waals surface area contributed by atoms with E-state index in [1.165, 1.54) is 76.4 Å². The first kappa shape index (κ1) is 20.6. The Kier molecular flexibility index (Phi) is 6.61. The van der Waals surface area contributed by atoms with Crippen molar-refractivity contribution in [1.82, 2.24) is 4.90 Å². The normalized spacial score (nSPS) is 34.2. The van der Waals surface area contributed by atoms with Crippen LogP contribution < -0.4 is 0 Å². The predicted octanol–water partition coefficient (Wildman–Crippen LogP) is 6.53. The molecule has 3 heteroatoms. The summed E-state index contributed by atoms with van der Waals surface area (Å²) in [7, 11) is 0. The van der Waals surface area contributed by atoms with E-state index in [0.29, 0.717) is 5.92 Å². The Bertz CT molecular complexity index is 711.